The number of phenolic OH excluding ortho intramolecular Hbond substituents is 1. The summed E-state index contributed by atoms with van der Waals surface area (Å²) in [5.41, 5.74) is 0. The second-order valence-corrected chi connectivity index (χ2v) is 6.13. The average molecular weight is 257 g/mol. The molecule has 1 aromatic rings. The Morgan fingerprint density at radius 3 is 2.47 bits per heavy atom. The van der Waals surface area contributed by atoms with Crippen molar-refractivity contribution in [3.63, 3.8) is 0 Å². The van der Waals surface area contributed by atoms with E-state index in [9.17, 15) is 8.42 Å². The van der Waals surface area contributed by atoms with Crippen LogP contribution in [0, 0.1) is 5.92 Å². The molecule has 17 heavy (non-hydrogen) atoms. The van der Waals surface area contributed by atoms with Crippen molar-refractivity contribution in [3.8, 4) is 5.75 Å². The van der Waals surface area contributed by atoms with Crippen LogP contribution in [0.3, 0.4) is 0 Å². The predicted octanol–water partition coefficient (Wildman–Crippen LogP) is 0.395. The van der Waals surface area contributed by atoms with Gasteiger partial charge < -0.3 is 10.2 Å². The number of rotatable bonds is 3. The van der Waals surface area contributed by atoms with Gasteiger partial charge in [-0.3, -0.25) is 0 Å². The number of aromatic hydroxyl groups is 1. The predicted molar refractivity (Wildman–Crippen MR) is 62.1 cm³/mol. The summed E-state index contributed by atoms with van der Waals surface area (Å²) >= 11 is 0. The maximum atomic E-state index is 12.2. The van der Waals surface area contributed by atoms with Gasteiger partial charge in [0, 0.05) is 19.7 Å². The van der Waals surface area contributed by atoms with Gasteiger partial charge in [-0.25, -0.2) is 8.42 Å². The number of aliphatic hydroxyl groups excluding tert-OH is 1. The number of hydrogen-bond donors (Lipinski definition) is 2. The molecule has 0 aromatic heterocycles. The van der Waals surface area contributed by atoms with Crippen LogP contribution < -0.4 is 0 Å². The van der Waals surface area contributed by atoms with Crippen molar-refractivity contribution in [1.82, 2.24) is 4.31 Å². The smallest absolute Gasteiger partial charge is 0.243 e. The Morgan fingerprint density at radius 2 is 1.94 bits per heavy atom. The van der Waals surface area contributed by atoms with Crippen molar-refractivity contribution < 1.29 is 18.6 Å². The Balaban J connectivity index is 2.22. The SMILES string of the molecule is O=S(=O)(c1ccc(O)cc1)N1CCC(CO)C1. The lowest BCUT2D eigenvalue weighted by molar-refractivity contribution is 0.233. The van der Waals surface area contributed by atoms with Crippen LogP contribution in [0.25, 0.3) is 0 Å². The maximum Gasteiger partial charge on any atom is 0.243 e. The van der Waals surface area contributed by atoms with Crippen LogP contribution in [0.4, 0.5) is 0 Å². The van der Waals surface area contributed by atoms with Crippen molar-refractivity contribution in [2.24, 2.45) is 5.92 Å². The summed E-state index contributed by atoms with van der Waals surface area (Å²) < 4.78 is 25.7. The summed E-state index contributed by atoms with van der Waals surface area (Å²) in [6.45, 7) is 0.815. The number of benzene rings is 1. The standard InChI is InChI=1S/C11H15NO4S/c13-8-9-5-6-12(7-9)17(15,16)11-3-1-10(14)2-4-11/h1-4,9,13-14H,5-8H2. The van der Waals surface area contributed by atoms with Crippen LogP contribution in [0.2, 0.25) is 0 Å². The van der Waals surface area contributed by atoms with Gasteiger partial charge in [0.1, 0.15) is 5.75 Å². The van der Waals surface area contributed by atoms with Crippen LogP contribution in [0.5, 0.6) is 5.75 Å². The van der Waals surface area contributed by atoms with Gasteiger partial charge in [-0.05, 0) is 36.6 Å². The first kappa shape index (κ1) is 12.3. The third-order valence-corrected chi connectivity index (χ3v) is 4.86. The van der Waals surface area contributed by atoms with E-state index in [1.54, 1.807) is 0 Å². The Morgan fingerprint density at radius 1 is 1.29 bits per heavy atom. The molecule has 1 aliphatic heterocycles. The molecule has 1 unspecified atom stereocenters. The third-order valence-electron chi connectivity index (χ3n) is 2.98. The number of hydrogen-bond acceptors (Lipinski definition) is 4. The lowest BCUT2D eigenvalue weighted by Crippen LogP contribution is -2.29. The Kier molecular flexibility index (Phi) is 3.37. The number of sulfonamides is 1. The van der Waals surface area contributed by atoms with Gasteiger partial charge in [-0.15, -0.1) is 0 Å². The topological polar surface area (TPSA) is 77.8 Å². The lowest BCUT2D eigenvalue weighted by atomic mass is 10.1. The molecule has 1 fully saturated rings. The molecule has 1 saturated heterocycles. The zero-order valence-electron chi connectivity index (χ0n) is 9.28. The molecule has 0 bridgehead atoms. The normalized spacial score (nSPS) is 21.8. The summed E-state index contributed by atoms with van der Waals surface area (Å²) in [5, 5.41) is 18.1. The highest BCUT2D eigenvalue weighted by Gasteiger charge is 2.31. The minimum Gasteiger partial charge on any atom is -0.508 e. The van der Waals surface area contributed by atoms with E-state index in [0.29, 0.717) is 19.5 Å². The first-order valence-electron chi connectivity index (χ1n) is 5.44. The molecule has 1 heterocycles. The fourth-order valence-corrected chi connectivity index (χ4v) is 3.46. The Bertz CT molecular complexity index is 483. The first-order valence-corrected chi connectivity index (χ1v) is 6.88. The molecule has 2 N–H and O–H groups in total. The monoisotopic (exact) mass is 257 g/mol. The summed E-state index contributed by atoms with van der Waals surface area (Å²) in [6.07, 6.45) is 0.688. The van der Waals surface area contributed by atoms with E-state index in [0.717, 1.165) is 0 Å². The van der Waals surface area contributed by atoms with Crippen molar-refractivity contribution in [2.75, 3.05) is 19.7 Å². The fourth-order valence-electron chi connectivity index (χ4n) is 1.93. The lowest BCUT2D eigenvalue weighted by Gasteiger charge is -2.16. The minimum absolute atomic E-state index is 0.0155. The van der Waals surface area contributed by atoms with Gasteiger partial charge in [0.2, 0.25) is 10.0 Å². The second-order valence-electron chi connectivity index (χ2n) is 4.19. The second kappa shape index (κ2) is 4.64. The van der Waals surface area contributed by atoms with Crippen LogP contribution in [0.1, 0.15) is 6.42 Å². The Labute approximate surface area is 100 Å². The fraction of sp³-hybridized carbons (Fsp3) is 0.455. The highest BCUT2D eigenvalue weighted by atomic mass is 32.2. The summed E-state index contributed by atoms with van der Waals surface area (Å²) in [5.74, 6) is 0.0699. The van der Waals surface area contributed by atoms with Crippen molar-refractivity contribution in [3.05, 3.63) is 24.3 Å². The van der Waals surface area contributed by atoms with Crippen LogP contribution in [-0.2, 0) is 10.0 Å². The van der Waals surface area contributed by atoms with Gasteiger partial charge in [-0.1, -0.05) is 0 Å². The maximum absolute atomic E-state index is 12.2. The molecule has 1 aromatic carbocycles. The Hall–Kier alpha value is -1.11. The van der Waals surface area contributed by atoms with Crippen LogP contribution >= 0.6 is 0 Å². The van der Waals surface area contributed by atoms with Gasteiger partial charge >= 0.3 is 0 Å². The van der Waals surface area contributed by atoms with E-state index in [1.165, 1.54) is 28.6 Å². The molecule has 1 aliphatic rings. The number of nitrogens with zero attached hydrogens (tertiary/aromatic N) is 1. The quantitative estimate of drug-likeness (QED) is 0.821. The largest absolute Gasteiger partial charge is 0.508 e. The zero-order valence-corrected chi connectivity index (χ0v) is 10.1. The molecule has 1 atom stereocenters. The molecular weight excluding hydrogens is 242 g/mol. The van der Waals surface area contributed by atoms with Gasteiger partial charge in [0.05, 0.1) is 4.90 Å². The van der Waals surface area contributed by atoms with E-state index in [-0.39, 0.29) is 23.2 Å². The molecule has 0 saturated carbocycles. The molecule has 6 heteroatoms. The zero-order chi connectivity index (χ0) is 12.5. The van der Waals surface area contributed by atoms with Crippen molar-refractivity contribution in [2.45, 2.75) is 11.3 Å². The average Bonchev–Trinajstić information content (AvgIpc) is 2.78. The van der Waals surface area contributed by atoms with E-state index in [2.05, 4.69) is 0 Å². The van der Waals surface area contributed by atoms with Crippen molar-refractivity contribution in [1.29, 1.82) is 0 Å². The molecular formula is C11H15NO4S. The highest BCUT2D eigenvalue weighted by molar-refractivity contribution is 7.89. The van der Waals surface area contributed by atoms with Gasteiger partial charge in [-0.2, -0.15) is 4.31 Å². The molecule has 5 nitrogen and oxygen atoms in total. The van der Waals surface area contributed by atoms with E-state index >= 15 is 0 Å². The highest BCUT2D eigenvalue weighted by Crippen LogP contribution is 2.24. The molecule has 94 valence electrons. The minimum atomic E-state index is -3.49. The molecule has 0 radical (unpaired) electrons. The van der Waals surface area contributed by atoms with E-state index in [1.807, 2.05) is 0 Å². The van der Waals surface area contributed by atoms with Gasteiger partial charge in [0.25, 0.3) is 0 Å². The van der Waals surface area contributed by atoms with Gasteiger partial charge in [0.15, 0.2) is 0 Å². The third kappa shape index (κ3) is 2.43. The van der Waals surface area contributed by atoms with E-state index < -0.39 is 10.0 Å². The van der Waals surface area contributed by atoms with Crippen molar-refractivity contribution >= 4 is 10.0 Å². The number of phenols is 1. The number of aliphatic hydroxyl groups is 1. The summed E-state index contributed by atoms with van der Waals surface area (Å²) in [4.78, 5) is 0.175. The van der Waals surface area contributed by atoms with Crippen LogP contribution in [-0.4, -0.2) is 42.6 Å². The van der Waals surface area contributed by atoms with E-state index in [4.69, 9.17) is 10.2 Å². The summed E-state index contributed by atoms with van der Waals surface area (Å²) in [7, 11) is -3.49. The molecule has 2 rings (SSSR count). The van der Waals surface area contributed by atoms with Crippen LogP contribution in [0.15, 0.2) is 29.2 Å². The molecule has 0 spiro atoms. The molecule has 0 aliphatic carbocycles. The summed E-state index contributed by atoms with van der Waals surface area (Å²) in [6, 6.07) is 5.48. The first-order chi connectivity index (χ1) is 8.04. The molecule has 0 amide bonds.